The van der Waals surface area contributed by atoms with E-state index in [1.54, 1.807) is 54.0 Å². The fourth-order valence-electron chi connectivity index (χ4n) is 1.66. The Morgan fingerprint density at radius 3 is 2.37 bits per heavy atom. The summed E-state index contributed by atoms with van der Waals surface area (Å²) in [7, 11) is -3.57. The number of sulfonamides is 1. The zero-order valence-corrected chi connectivity index (χ0v) is 13.4. The van der Waals surface area contributed by atoms with Gasteiger partial charge in [-0.05, 0) is 43.9 Å². The summed E-state index contributed by atoms with van der Waals surface area (Å²) in [5.41, 5.74) is 1.04. The highest BCUT2D eigenvalue weighted by Gasteiger charge is 2.27. The largest absolute Gasteiger partial charge is 0.282 e. The fourth-order valence-corrected chi connectivity index (χ4v) is 5.40. The molecule has 0 aliphatic carbocycles. The Labute approximate surface area is 123 Å². The summed E-state index contributed by atoms with van der Waals surface area (Å²) in [6.07, 6.45) is 2.75. The number of nitrogens with zero attached hydrogens (tertiary/aromatic N) is 1. The van der Waals surface area contributed by atoms with E-state index in [2.05, 4.69) is 4.40 Å². The van der Waals surface area contributed by atoms with Crippen LogP contribution in [0.2, 0.25) is 0 Å². The van der Waals surface area contributed by atoms with Crippen molar-refractivity contribution in [3.05, 3.63) is 29.8 Å². The molecule has 1 fully saturated rings. The predicted octanol–water partition coefficient (Wildman–Crippen LogP) is 3.34. The van der Waals surface area contributed by atoms with Gasteiger partial charge in [0.2, 0.25) is 0 Å². The average Bonchev–Trinajstić information content (AvgIpc) is 2.38. The van der Waals surface area contributed by atoms with E-state index >= 15 is 0 Å². The lowest BCUT2D eigenvalue weighted by atomic mass is 10.2. The summed E-state index contributed by atoms with van der Waals surface area (Å²) in [5.74, 6) is 2.11. The fraction of sp³-hybridized carbons (Fsp3) is 0.462. The van der Waals surface area contributed by atoms with Gasteiger partial charge in [0, 0.05) is 6.21 Å². The molecule has 1 aliphatic rings. The van der Waals surface area contributed by atoms with Crippen LogP contribution in [0.3, 0.4) is 0 Å². The van der Waals surface area contributed by atoms with Gasteiger partial charge in [0.1, 0.15) is 0 Å². The maximum absolute atomic E-state index is 12.1. The first-order valence-electron chi connectivity index (χ1n) is 6.07. The van der Waals surface area contributed by atoms with Crippen molar-refractivity contribution in [3.63, 3.8) is 0 Å². The number of thioether (sulfide) groups is 2. The molecule has 0 aromatic heterocycles. The van der Waals surface area contributed by atoms with E-state index in [4.69, 9.17) is 0 Å². The van der Waals surface area contributed by atoms with Crippen LogP contribution in [0.15, 0.2) is 33.6 Å². The minimum Gasteiger partial charge on any atom is -0.199 e. The Morgan fingerprint density at radius 2 is 1.79 bits per heavy atom. The molecule has 0 radical (unpaired) electrons. The Kier molecular flexibility index (Phi) is 4.63. The molecule has 0 amide bonds. The van der Waals surface area contributed by atoms with Crippen LogP contribution in [-0.2, 0) is 10.0 Å². The molecule has 104 valence electrons. The third-order valence-electron chi connectivity index (χ3n) is 2.81. The number of benzene rings is 1. The van der Waals surface area contributed by atoms with Crippen molar-refractivity contribution in [1.29, 1.82) is 0 Å². The topological polar surface area (TPSA) is 46.5 Å². The Balaban J connectivity index is 2.19. The summed E-state index contributed by atoms with van der Waals surface area (Å²) < 4.78 is 27.9. The van der Waals surface area contributed by atoms with Gasteiger partial charge in [-0.25, -0.2) is 0 Å². The van der Waals surface area contributed by atoms with E-state index < -0.39 is 10.0 Å². The molecule has 1 aromatic rings. The molecule has 1 heterocycles. The van der Waals surface area contributed by atoms with Crippen molar-refractivity contribution in [2.24, 2.45) is 4.40 Å². The molecule has 0 saturated carbocycles. The van der Waals surface area contributed by atoms with Gasteiger partial charge in [0.25, 0.3) is 10.0 Å². The van der Waals surface area contributed by atoms with E-state index in [9.17, 15) is 8.42 Å². The highest BCUT2D eigenvalue weighted by molar-refractivity contribution is 8.19. The van der Waals surface area contributed by atoms with Crippen molar-refractivity contribution < 1.29 is 8.42 Å². The monoisotopic (exact) mass is 315 g/mol. The lowest BCUT2D eigenvalue weighted by Gasteiger charge is -2.27. The number of aryl methyl sites for hydroxylation is 1. The molecule has 1 aliphatic heterocycles. The van der Waals surface area contributed by atoms with Crippen molar-refractivity contribution in [2.45, 2.75) is 29.2 Å². The Bertz CT molecular complexity index is 558. The van der Waals surface area contributed by atoms with Gasteiger partial charge in [-0.3, -0.25) is 0 Å². The van der Waals surface area contributed by atoms with E-state index in [0.29, 0.717) is 0 Å². The predicted molar refractivity (Wildman–Crippen MR) is 84.8 cm³/mol. The van der Waals surface area contributed by atoms with Crippen LogP contribution >= 0.6 is 23.5 Å². The van der Waals surface area contributed by atoms with E-state index in [1.807, 2.05) is 13.8 Å². The van der Waals surface area contributed by atoms with E-state index in [-0.39, 0.29) is 8.97 Å². The normalized spacial score (nSPS) is 19.7. The first-order chi connectivity index (χ1) is 8.91. The van der Waals surface area contributed by atoms with E-state index in [1.165, 1.54) is 6.42 Å². The second kappa shape index (κ2) is 5.89. The molecule has 1 saturated heterocycles. The van der Waals surface area contributed by atoms with Gasteiger partial charge in [-0.1, -0.05) is 17.7 Å². The van der Waals surface area contributed by atoms with Crippen LogP contribution in [0.25, 0.3) is 0 Å². The third-order valence-corrected chi connectivity index (χ3v) is 7.11. The molecule has 2 rings (SSSR count). The van der Waals surface area contributed by atoms with Gasteiger partial charge in [-0.15, -0.1) is 23.5 Å². The maximum Gasteiger partial charge on any atom is 0.282 e. The molecule has 3 nitrogen and oxygen atoms in total. The lowest BCUT2D eigenvalue weighted by molar-refractivity contribution is 0.598. The zero-order valence-electron chi connectivity index (χ0n) is 11.0. The standard InChI is InChI=1S/C13H17NO2S3/c1-11-4-6-12(7-5-11)19(15,16)14-10-13(2)17-8-3-9-18-13/h4-7,10H,3,8-9H2,1-2H3/b14-10+. The third kappa shape index (κ3) is 4.00. The van der Waals surface area contributed by atoms with Gasteiger partial charge < -0.3 is 0 Å². The molecule has 0 bridgehead atoms. The molecule has 0 atom stereocenters. The van der Waals surface area contributed by atoms with Gasteiger partial charge in [-0.2, -0.15) is 12.8 Å². The number of hydrogen-bond donors (Lipinski definition) is 0. The van der Waals surface area contributed by atoms with Crippen LogP contribution in [-0.4, -0.2) is 30.2 Å². The first-order valence-corrected chi connectivity index (χ1v) is 9.49. The molecular formula is C13H17NO2S3. The smallest absolute Gasteiger partial charge is 0.199 e. The van der Waals surface area contributed by atoms with Crippen molar-refractivity contribution in [1.82, 2.24) is 0 Å². The Hall–Kier alpha value is -0.460. The lowest BCUT2D eigenvalue weighted by Crippen LogP contribution is -2.23. The molecule has 0 unspecified atom stereocenters. The van der Waals surface area contributed by atoms with Crippen molar-refractivity contribution >= 4 is 39.8 Å². The average molecular weight is 315 g/mol. The summed E-state index contributed by atoms with van der Waals surface area (Å²) in [5, 5.41) is 0. The maximum atomic E-state index is 12.1. The highest BCUT2D eigenvalue weighted by Crippen LogP contribution is 2.40. The summed E-state index contributed by atoms with van der Waals surface area (Å²) >= 11 is 3.51. The van der Waals surface area contributed by atoms with Gasteiger partial charge in [0.15, 0.2) is 0 Å². The summed E-state index contributed by atoms with van der Waals surface area (Å²) in [4.78, 5) is 0.253. The molecule has 6 heteroatoms. The second-order valence-electron chi connectivity index (χ2n) is 4.59. The number of hydrogen-bond acceptors (Lipinski definition) is 4. The van der Waals surface area contributed by atoms with Crippen LogP contribution in [0.5, 0.6) is 0 Å². The molecule has 19 heavy (non-hydrogen) atoms. The minimum atomic E-state index is -3.57. The molecule has 0 N–H and O–H groups in total. The zero-order chi connectivity index (χ0) is 13.9. The quantitative estimate of drug-likeness (QED) is 0.803. The Morgan fingerprint density at radius 1 is 1.21 bits per heavy atom. The van der Waals surface area contributed by atoms with Crippen LogP contribution in [0.4, 0.5) is 0 Å². The van der Waals surface area contributed by atoms with Crippen molar-refractivity contribution in [3.8, 4) is 0 Å². The molecule has 0 spiro atoms. The van der Waals surface area contributed by atoms with E-state index in [0.717, 1.165) is 17.1 Å². The van der Waals surface area contributed by atoms with Crippen LogP contribution in [0, 0.1) is 6.92 Å². The van der Waals surface area contributed by atoms with Crippen LogP contribution < -0.4 is 0 Å². The van der Waals surface area contributed by atoms with Crippen molar-refractivity contribution in [2.75, 3.05) is 11.5 Å². The second-order valence-corrected chi connectivity index (χ2v) is 9.57. The SMILES string of the molecule is Cc1ccc(S(=O)(=O)/N=C/C2(C)SCCCS2)cc1. The summed E-state index contributed by atoms with van der Waals surface area (Å²) in [6.45, 7) is 3.95. The minimum absolute atomic E-state index is 0.226. The number of rotatable bonds is 3. The van der Waals surface area contributed by atoms with Gasteiger partial charge >= 0.3 is 0 Å². The summed E-state index contributed by atoms with van der Waals surface area (Å²) in [6, 6.07) is 6.78. The van der Waals surface area contributed by atoms with Crippen LogP contribution in [0.1, 0.15) is 18.9 Å². The first kappa shape index (κ1) is 14.9. The molecule has 1 aromatic carbocycles. The van der Waals surface area contributed by atoms with Gasteiger partial charge in [0.05, 0.1) is 8.97 Å². The molecular weight excluding hydrogens is 298 g/mol. The highest BCUT2D eigenvalue weighted by atomic mass is 32.2.